The minimum atomic E-state index is 0.606. The minimum Gasteiger partial charge on any atom is -0.278 e. The summed E-state index contributed by atoms with van der Waals surface area (Å²) in [7, 11) is 0. The van der Waals surface area contributed by atoms with Crippen molar-refractivity contribution >= 4 is 0 Å². The minimum absolute atomic E-state index is 0.606. The largest absolute Gasteiger partial charge is 0.278 e. The summed E-state index contributed by atoms with van der Waals surface area (Å²) in [4.78, 5) is 5.03. The topological polar surface area (TPSA) is 15.5 Å². The highest BCUT2D eigenvalue weighted by atomic mass is 16.8. The smallest absolute Gasteiger partial charge is 0.144 e. The predicted octanol–water partition coefficient (Wildman–Crippen LogP) is 1.63. The highest BCUT2D eigenvalue weighted by Crippen LogP contribution is 2.20. The van der Waals surface area contributed by atoms with E-state index in [0.717, 1.165) is 12.6 Å². The Morgan fingerprint density at radius 3 is 2.44 bits per heavy atom. The molecule has 54 valence electrons. The Labute approximate surface area is 56.8 Å². The van der Waals surface area contributed by atoms with Crippen LogP contribution in [-0.2, 0) is 4.84 Å². The lowest BCUT2D eigenvalue weighted by Crippen LogP contribution is -2.21. The second kappa shape index (κ2) is 2.67. The third-order valence-corrected chi connectivity index (χ3v) is 2.20. The van der Waals surface area contributed by atoms with Gasteiger partial charge in [-0.15, -0.1) is 0 Å². The van der Waals surface area contributed by atoms with Gasteiger partial charge in [0.15, 0.2) is 0 Å². The fraction of sp³-hybridized carbons (Fsp3) is 1.00. The molecule has 1 aliphatic heterocycles. The van der Waals surface area contributed by atoms with E-state index in [1.807, 2.05) is 5.06 Å². The summed E-state index contributed by atoms with van der Waals surface area (Å²) in [6.45, 7) is 7.52. The van der Waals surface area contributed by atoms with Crippen molar-refractivity contribution in [3.05, 3.63) is 0 Å². The lowest BCUT2D eigenvalue weighted by Gasteiger charge is -2.15. The number of hydrogen-bond donors (Lipinski definition) is 0. The molecule has 1 heterocycles. The monoisotopic (exact) mass is 129 g/mol. The van der Waals surface area contributed by atoms with Crippen molar-refractivity contribution < 1.29 is 4.84 Å². The van der Waals surface area contributed by atoms with Crippen LogP contribution in [0.25, 0.3) is 0 Å². The quantitative estimate of drug-likeness (QED) is 0.538. The maximum Gasteiger partial charge on any atom is 0.144 e. The fourth-order valence-corrected chi connectivity index (χ4v) is 0.893. The highest BCUT2D eigenvalue weighted by Gasteiger charge is 2.28. The molecule has 2 nitrogen and oxygen atoms in total. The molecule has 0 N–H and O–H groups in total. The third kappa shape index (κ3) is 1.66. The van der Waals surface area contributed by atoms with Gasteiger partial charge >= 0.3 is 0 Å². The summed E-state index contributed by atoms with van der Waals surface area (Å²) in [5, 5.41) is 2.02. The molecule has 0 spiro atoms. The van der Waals surface area contributed by atoms with Crippen molar-refractivity contribution in [3.8, 4) is 0 Å². The first-order valence-electron chi connectivity index (χ1n) is 3.65. The van der Waals surface area contributed by atoms with Crippen LogP contribution in [0, 0.1) is 5.92 Å². The molecule has 0 amide bonds. The summed E-state index contributed by atoms with van der Waals surface area (Å²) in [5.41, 5.74) is 0. The molecule has 3 atom stereocenters. The van der Waals surface area contributed by atoms with Gasteiger partial charge in [0.25, 0.3) is 0 Å². The highest BCUT2D eigenvalue weighted by molar-refractivity contribution is 4.68. The van der Waals surface area contributed by atoms with Gasteiger partial charge in [0.05, 0.1) is 0 Å². The van der Waals surface area contributed by atoms with Crippen LogP contribution < -0.4 is 0 Å². The maximum atomic E-state index is 5.03. The number of nitrogens with zero attached hydrogens (tertiary/aromatic N) is 1. The molecule has 9 heavy (non-hydrogen) atoms. The van der Waals surface area contributed by atoms with Gasteiger partial charge in [-0.2, -0.15) is 5.06 Å². The summed E-state index contributed by atoms with van der Waals surface area (Å²) in [6.07, 6.45) is 1.24. The first-order valence-corrected chi connectivity index (χ1v) is 3.65. The van der Waals surface area contributed by atoms with Crippen molar-refractivity contribution in [2.45, 2.75) is 33.2 Å². The predicted molar refractivity (Wildman–Crippen MR) is 36.7 cm³/mol. The van der Waals surface area contributed by atoms with Crippen LogP contribution in [0.3, 0.4) is 0 Å². The van der Waals surface area contributed by atoms with E-state index < -0.39 is 0 Å². The van der Waals surface area contributed by atoms with Gasteiger partial charge in [0, 0.05) is 6.04 Å². The molecule has 0 aliphatic carbocycles. The molecule has 0 aromatic carbocycles. The Balaban J connectivity index is 2.22. The van der Waals surface area contributed by atoms with Crippen LogP contribution in [0.5, 0.6) is 0 Å². The van der Waals surface area contributed by atoms with E-state index >= 15 is 0 Å². The SMILES string of the molecule is CCC(C)C(C)N1CO1. The molecule has 0 aromatic rings. The molecular formula is C7H15NO. The Hall–Kier alpha value is -0.0800. The molecule has 0 bridgehead atoms. The van der Waals surface area contributed by atoms with Crippen LogP contribution in [0.1, 0.15) is 27.2 Å². The maximum absolute atomic E-state index is 5.03. The second-order valence-electron chi connectivity index (χ2n) is 2.80. The van der Waals surface area contributed by atoms with Crippen molar-refractivity contribution in [2.24, 2.45) is 5.92 Å². The molecule has 0 aromatic heterocycles. The van der Waals surface area contributed by atoms with Gasteiger partial charge in [-0.3, -0.25) is 4.84 Å². The fourth-order valence-electron chi connectivity index (χ4n) is 0.893. The van der Waals surface area contributed by atoms with Crippen LogP contribution >= 0.6 is 0 Å². The van der Waals surface area contributed by atoms with Gasteiger partial charge in [-0.05, 0) is 12.8 Å². The van der Waals surface area contributed by atoms with E-state index in [1.165, 1.54) is 6.42 Å². The first-order chi connectivity index (χ1) is 4.25. The first kappa shape index (κ1) is 7.03. The molecular weight excluding hydrogens is 114 g/mol. The molecule has 1 saturated heterocycles. The van der Waals surface area contributed by atoms with Gasteiger partial charge in [0.1, 0.15) is 6.73 Å². The molecule has 3 unspecified atom stereocenters. The molecule has 0 radical (unpaired) electrons. The van der Waals surface area contributed by atoms with E-state index in [0.29, 0.717) is 6.04 Å². The van der Waals surface area contributed by atoms with Crippen LogP contribution in [-0.4, -0.2) is 17.8 Å². The zero-order valence-corrected chi connectivity index (χ0v) is 6.42. The molecule has 1 aliphatic rings. The molecule has 0 saturated carbocycles. The van der Waals surface area contributed by atoms with E-state index in [1.54, 1.807) is 0 Å². The standard InChI is InChI=1S/C7H15NO/c1-4-6(2)7(3)8-5-9-8/h6-7H,4-5H2,1-3H3. The number of hydrogen-bond acceptors (Lipinski definition) is 2. The Bertz CT molecular complexity index is 90.9. The summed E-state index contributed by atoms with van der Waals surface area (Å²) in [6, 6.07) is 0.606. The lowest BCUT2D eigenvalue weighted by molar-refractivity contribution is 0.121. The summed E-state index contributed by atoms with van der Waals surface area (Å²) < 4.78 is 0. The number of rotatable bonds is 3. The van der Waals surface area contributed by atoms with Gasteiger partial charge in [-0.25, -0.2) is 0 Å². The van der Waals surface area contributed by atoms with E-state index in [2.05, 4.69) is 20.8 Å². The van der Waals surface area contributed by atoms with E-state index in [-0.39, 0.29) is 0 Å². The van der Waals surface area contributed by atoms with Crippen LogP contribution in [0.4, 0.5) is 0 Å². The zero-order valence-electron chi connectivity index (χ0n) is 6.42. The van der Waals surface area contributed by atoms with Gasteiger partial charge in [0.2, 0.25) is 0 Å². The molecule has 1 rings (SSSR count). The Morgan fingerprint density at radius 1 is 1.56 bits per heavy atom. The molecule has 2 heteroatoms. The normalized spacial score (nSPS) is 31.7. The average Bonchev–Trinajstić information content (AvgIpc) is 2.66. The lowest BCUT2D eigenvalue weighted by atomic mass is 10.0. The Morgan fingerprint density at radius 2 is 2.11 bits per heavy atom. The van der Waals surface area contributed by atoms with E-state index in [4.69, 9.17) is 4.84 Å². The van der Waals surface area contributed by atoms with Crippen molar-refractivity contribution in [1.29, 1.82) is 0 Å². The van der Waals surface area contributed by atoms with Crippen LogP contribution in [0.15, 0.2) is 0 Å². The average molecular weight is 129 g/mol. The van der Waals surface area contributed by atoms with Crippen molar-refractivity contribution in [2.75, 3.05) is 6.73 Å². The third-order valence-electron chi connectivity index (χ3n) is 2.20. The van der Waals surface area contributed by atoms with Crippen molar-refractivity contribution in [1.82, 2.24) is 5.06 Å². The van der Waals surface area contributed by atoms with E-state index in [9.17, 15) is 0 Å². The van der Waals surface area contributed by atoms with Crippen LogP contribution in [0.2, 0.25) is 0 Å². The number of hydroxylamine groups is 2. The zero-order chi connectivity index (χ0) is 6.85. The molecule has 1 fully saturated rings. The Kier molecular flexibility index (Phi) is 2.09. The van der Waals surface area contributed by atoms with Crippen molar-refractivity contribution in [3.63, 3.8) is 0 Å². The van der Waals surface area contributed by atoms with Gasteiger partial charge in [-0.1, -0.05) is 20.3 Å². The summed E-state index contributed by atoms with van der Waals surface area (Å²) >= 11 is 0. The second-order valence-corrected chi connectivity index (χ2v) is 2.80. The van der Waals surface area contributed by atoms with Gasteiger partial charge < -0.3 is 0 Å². The summed E-state index contributed by atoms with van der Waals surface area (Å²) in [5.74, 6) is 0.757.